The van der Waals surface area contributed by atoms with Crippen molar-refractivity contribution in [1.82, 2.24) is 9.80 Å². The molecule has 0 unspecified atom stereocenters. The quantitative estimate of drug-likeness (QED) is 0.895. The average molecular weight is 330 g/mol. The highest BCUT2D eigenvalue weighted by Crippen LogP contribution is 2.41. The van der Waals surface area contributed by atoms with Crippen molar-refractivity contribution in [3.05, 3.63) is 35.4 Å². The fourth-order valence-corrected chi connectivity index (χ4v) is 4.48. The second-order valence-electron chi connectivity index (χ2n) is 7.55. The maximum absolute atomic E-state index is 12.8. The van der Waals surface area contributed by atoms with Crippen molar-refractivity contribution in [3.8, 4) is 0 Å². The number of amides is 1. The molecule has 0 bridgehead atoms. The van der Waals surface area contributed by atoms with E-state index >= 15 is 0 Å². The summed E-state index contributed by atoms with van der Waals surface area (Å²) in [6.07, 6.45) is 1.87. The van der Waals surface area contributed by atoms with Crippen molar-refractivity contribution in [2.24, 2.45) is 11.3 Å². The molecule has 5 heteroatoms. The second-order valence-corrected chi connectivity index (χ2v) is 7.55. The number of nitrogens with zero attached hydrogens (tertiary/aromatic N) is 2. The topological polar surface area (TPSA) is 53.0 Å². The second kappa shape index (κ2) is 6.47. The Labute approximate surface area is 143 Å². The lowest BCUT2D eigenvalue weighted by atomic mass is 9.75. The van der Waals surface area contributed by atoms with Gasteiger partial charge in [0.15, 0.2) is 0 Å². The van der Waals surface area contributed by atoms with Crippen molar-refractivity contribution >= 4 is 5.91 Å². The monoisotopic (exact) mass is 330 g/mol. The number of ether oxygens (including phenoxy) is 1. The SMILES string of the molecule is O=C(CN1CCc2ccccc2C1)N1C[C@@H]2COCC[C@]2(CO)C1. The summed E-state index contributed by atoms with van der Waals surface area (Å²) in [4.78, 5) is 17.0. The maximum Gasteiger partial charge on any atom is 0.236 e. The number of hydrogen-bond acceptors (Lipinski definition) is 4. The fraction of sp³-hybridized carbons (Fsp3) is 0.632. The Kier molecular flexibility index (Phi) is 4.33. The Morgan fingerprint density at radius 1 is 1.33 bits per heavy atom. The van der Waals surface area contributed by atoms with Crippen LogP contribution in [0.15, 0.2) is 24.3 Å². The summed E-state index contributed by atoms with van der Waals surface area (Å²) in [6, 6.07) is 8.50. The van der Waals surface area contributed by atoms with Gasteiger partial charge in [-0.3, -0.25) is 9.69 Å². The van der Waals surface area contributed by atoms with Gasteiger partial charge in [-0.2, -0.15) is 0 Å². The molecular formula is C19H26N2O3. The van der Waals surface area contributed by atoms with Gasteiger partial charge in [0, 0.05) is 44.1 Å². The maximum atomic E-state index is 12.8. The molecule has 24 heavy (non-hydrogen) atoms. The summed E-state index contributed by atoms with van der Waals surface area (Å²) >= 11 is 0. The van der Waals surface area contributed by atoms with E-state index in [0.29, 0.717) is 26.3 Å². The van der Waals surface area contributed by atoms with Gasteiger partial charge in [0.05, 0.1) is 19.8 Å². The van der Waals surface area contributed by atoms with E-state index in [2.05, 4.69) is 29.2 Å². The first-order valence-corrected chi connectivity index (χ1v) is 8.96. The van der Waals surface area contributed by atoms with Gasteiger partial charge in [0.25, 0.3) is 0 Å². The van der Waals surface area contributed by atoms with E-state index in [1.807, 2.05) is 4.90 Å². The number of carbonyl (C=O) groups is 1. The van der Waals surface area contributed by atoms with Crippen molar-refractivity contribution in [3.63, 3.8) is 0 Å². The Morgan fingerprint density at radius 2 is 2.17 bits per heavy atom. The van der Waals surface area contributed by atoms with Gasteiger partial charge < -0.3 is 14.7 Å². The fourth-order valence-electron chi connectivity index (χ4n) is 4.48. The van der Waals surface area contributed by atoms with Crippen LogP contribution in [0.5, 0.6) is 0 Å². The zero-order valence-corrected chi connectivity index (χ0v) is 14.1. The minimum Gasteiger partial charge on any atom is -0.396 e. The first kappa shape index (κ1) is 16.1. The Bertz CT molecular complexity index is 620. The molecule has 3 heterocycles. The zero-order chi connectivity index (χ0) is 16.6. The molecule has 3 aliphatic rings. The summed E-state index contributed by atoms with van der Waals surface area (Å²) < 4.78 is 5.57. The van der Waals surface area contributed by atoms with Gasteiger partial charge in [-0.1, -0.05) is 24.3 Å². The van der Waals surface area contributed by atoms with Crippen LogP contribution in [0.2, 0.25) is 0 Å². The third-order valence-electron chi connectivity index (χ3n) is 6.11. The highest BCUT2D eigenvalue weighted by molar-refractivity contribution is 5.78. The molecule has 1 aromatic rings. The number of aliphatic hydroxyl groups is 1. The van der Waals surface area contributed by atoms with Gasteiger partial charge in [-0.05, 0) is 24.0 Å². The molecule has 3 aliphatic heterocycles. The van der Waals surface area contributed by atoms with Crippen molar-refractivity contribution in [1.29, 1.82) is 0 Å². The Balaban J connectivity index is 1.39. The smallest absolute Gasteiger partial charge is 0.236 e. The van der Waals surface area contributed by atoms with Gasteiger partial charge >= 0.3 is 0 Å². The van der Waals surface area contributed by atoms with Crippen LogP contribution in [-0.4, -0.2) is 66.8 Å². The van der Waals surface area contributed by atoms with Crippen molar-refractivity contribution in [2.45, 2.75) is 19.4 Å². The highest BCUT2D eigenvalue weighted by Gasteiger charge is 2.49. The standard InChI is InChI=1S/C19H26N2O3/c22-14-19-6-8-24-12-17(19)10-21(13-19)18(23)11-20-7-5-15-3-1-2-4-16(15)9-20/h1-4,17,22H,5-14H2/t17-,19-/m1/s1. The van der Waals surface area contributed by atoms with Crippen molar-refractivity contribution in [2.75, 3.05) is 46.0 Å². The highest BCUT2D eigenvalue weighted by atomic mass is 16.5. The predicted octanol–water partition coefficient (Wildman–Crippen LogP) is 0.902. The number of aliphatic hydroxyl groups excluding tert-OH is 1. The van der Waals surface area contributed by atoms with E-state index in [-0.39, 0.29) is 23.8 Å². The summed E-state index contributed by atoms with van der Waals surface area (Å²) in [7, 11) is 0. The third-order valence-corrected chi connectivity index (χ3v) is 6.11. The summed E-state index contributed by atoms with van der Waals surface area (Å²) in [5.41, 5.74) is 2.61. The summed E-state index contributed by atoms with van der Waals surface area (Å²) in [5, 5.41) is 9.88. The summed E-state index contributed by atoms with van der Waals surface area (Å²) in [6.45, 7) is 5.20. The first-order valence-electron chi connectivity index (χ1n) is 8.96. The Hall–Kier alpha value is -1.43. The number of hydrogen-bond donors (Lipinski definition) is 1. The van der Waals surface area contributed by atoms with Crippen LogP contribution >= 0.6 is 0 Å². The van der Waals surface area contributed by atoms with E-state index in [0.717, 1.165) is 32.5 Å². The van der Waals surface area contributed by atoms with E-state index < -0.39 is 0 Å². The number of benzene rings is 1. The molecule has 130 valence electrons. The molecule has 1 N–H and O–H groups in total. The molecule has 0 aliphatic carbocycles. The van der Waals surface area contributed by atoms with Gasteiger partial charge in [0.2, 0.25) is 5.91 Å². The van der Waals surface area contributed by atoms with Crippen LogP contribution in [0.25, 0.3) is 0 Å². The minimum atomic E-state index is -0.137. The molecule has 4 rings (SSSR count). The predicted molar refractivity (Wildman–Crippen MR) is 90.4 cm³/mol. The van der Waals surface area contributed by atoms with E-state index in [4.69, 9.17) is 4.74 Å². The van der Waals surface area contributed by atoms with Gasteiger partial charge in [-0.15, -0.1) is 0 Å². The van der Waals surface area contributed by atoms with Crippen LogP contribution < -0.4 is 0 Å². The molecule has 0 spiro atoms. The number of fused-ring (bicyclic) bond motifs is 2. The third kappa shape index (κ3) is 2.85. The molecule has 0 radical (unpaired) electrons. The lowest BCUT2D eigenvalue weighted by molar-refractivity contribution is -0.132. The largest absolute Gasteiger partial charge is 0.396 e. The molecule has 5 nitrogen and oxygen atoms in total. The lowest BCUT2D eigenvalue weighted by Crippen LogP contribution is -2.43. The normalized spacial score (nSPS) is 30.0. The van der Waals surface area contributed by atoms with Crippen molar-refractivity contribution < 1.29 is 14.6 Å². The number of likely N-dealkylation sites (tertiary alicyclic amines) is 1. The van der Waals surface area contributed by atoms with Crippen LogP contribution in [0, 0.1) is 11.3 Å². The van der Waals surface area contributed by atoms with E-state index in [1.54, 1.807) is 0 Å². The molecule has 1 aromatic carbocycles. The van der Waals surface area contributed by atoms with Gasteiger partial charge in [0.1, 0.15) is 0 Å². The van der Waals surface area contributed by atoms with Crippen LogP contribution in [0.3, 0.4) is 0 Å². The van der Waals surface area contributed by atoms with Gasteiger partial charge in [-0.25, -0.2) is 0 Å². The van der Waals surface area contributed by atoms with E-state index in [9.17, 15) is 9.90 Å². The minimum absolute atomic E-state index is 0.137. The average Bonchev–Trinajstić information content (AvgIpc) is 3.02. The first-order chi connectivity index (χ1) is 11.7. The molecule has 2 saturated heterocycles. The molecule has 0 aromatic heterocycles. The van der Waals surface area contributed by atoms with E-state index in [1.165, 1.54) is 11.1 Å². The van der Waals surface area contributed by atoms with Crippen LogP contribution in [-0.2, 0) is 22.5 Å². The lowest BCUT2D eigenvalue weighted by Gasteiger charge is -2.36. The Morgan fingerprint density at radius 3 is 2.96 bits per heavy atom. The molecule has 2 fully saturated rings. The van der Waals surface area contributed by atoms with Crippen LogP contribution in [0.1, 0.15) is 17.5 Å². The molecule has 0 saturated carbocycles. The molecule has 1 amide bonds. The number of rotatable bonds is 3. The zero-order valence-electron chi connectivity index (χ0n) is 14.1. The van der Waals surface area contributed by atoms with Crippen LogP contribution in [0.4, 0.5) is 0 Å². The molecule has 2 atom stereocenters. The number of carbonyl (C=O) groups excluding carboxylic acids is 1. The molecular weight excluding hydrogens is 304 g/mol. The summed E-state index contributed by atoms with van der Waals surface area (Å²) in [5.74, 6) is 0.471.